The van der Waals surface area contributed by atoms with Crippen LogP contribution in [0.2, 0.25) is 5.02 Å². The van der Waals surface area contributed by atoms with Crippen molar-refractivity contribution >= 4 is 23.4 Å². The quantitative estimate of drug-likeness (QED) is 0.831. The van der Waals surface area contributed by atoms with Crippen molar-refractivity contribution in [3.05, 3.63) is 64.7 Å². The molecule has 0 bridgehead atoms. The van der Waals surface area contributed by atoms with Gasteiger partial charge in [0.2, 0.25) is 0 Å². The maximum atomic E-state index is 12.9. The molecule has 1 aromatic carbocycles. The lowest BCUT2D eigenvalue weighted by atomic mass is 10.2. The van der Waals surface area contributed by atoms with E-state index in [4.69, 9.17) is 11.6 Å². The van der Waals surface area contributed by atoms with E-state index in [1.165, 1.54) is 18.3 Å². The molecule has 102 valence electrons. The lowest BCUT2D eigenvalue weighted by Crippen LogP contribution is -2.42. The zero-order valence-corrected chi connectivity index (χ0v) is 10.8. The SMILES string of the molecule is O=C(NNC(=O)c1ccc(F)cc1Cl)c1ccccn1. The minimum absolute atomic E-state index is 0.0467. The number of carbonyl (C=O) groups excluding carboxylic acids is 2. The Morgan fingerprint density at radius 3 is 2.50 bits per heavy atom. The molecule has 0 aliphatic rings. The molecule has 0 unspecified atom stereocenters. The number of aromatic nitrogens is 1. The summed E-state index contributed by atoms with van der Waals surface area (Å²) in [6, 6.07) is 8.12. The first kappa shape index (κ1) is 14.0. The summed E-state index contributed by atoms with van der Waals surface area (Å²) in [4.78, 5) is 27.2. The van der Waals surface area contributed by atoms with E-state index in [-0.39, 0.29) is 16.3 Å². The van der Waals surface area contributed by atoms with Gasteiger partial charge >= 0.3 is 0 Å². The summed E-state index contributed by atoms with van der Waals surface area (Å²) in [5, 5.41) is -0.0467. The fraction of sp³-hybridized carbons (Fsp3) is 0. The zero-order valence-electron chi connectivity index (χ0n) is 10.1. The minimum atomic E-state index is -0.653. The molecule has 2 amide bonds. The maximum Gasteiger partial charge on any atom is 0.288 e. The highest BCUT2D eigenvalue weighted by Crippen LogP contribution is 2.16. The third-order valence-electron chi connectivity index (χ3n) is 2.36. The lowest BCUT2D eigenvalue weighted by molar-refractivity contribution is 0.0844. The minimum Gasteiger partial charge on any atom is -0.267 e. The molecule has 2 N–H and O–H groups in total. The van der Waals surface area contributed by atoms with Gasteiger partial charge in [0.1, 0.15) is 11.5 Å². The van der Waals surface area contributed by atoms with Gasteiger partial charge in [-0.25, -0.2) is 4.39 Å². The number of amides is 2. The molecule has 1 aromatic heterocycles. The fourth-order valence-electron chi connectivity index (χ4n) is 1.42. The molecule has 0 aliphatic heterocycles. The first-order valence-corrected chi connectivity index (χ1v) is 5.92. The summed E-state index contributed by atoms with van der Waals surface area (Å²) in [7, 11) is 0. The highest BCUT2D eigenvalue weighted by molar-refractivity contribution is 6.33. The zero-order chi connectivity index (χ0) is 14.5. The number of hydrogen-bond acceptors (Lipinski definition) is 3. The molecule has 5 nitrogen and oxygen atoms in total. The van der Waals surface area contributed by atoms with E-state index in [0.717, 1.165) is 12.1 Å². The smallest absolute Gasteiger partial charge is 0.267 e. The van der Waals surface area contributed by atoms with Crippen LogP contribution in [0, 0.1) is 5.82 Å². The van der Waals surface area contributed by atoms with Gasteiger partial charge in [0, 0.05) is 6.20 Å². The van der Waals surface area contributed by atoms with Gasteiger partial charge in [-0.2, -0.15) is 0 Å². The van der Waals surface area contributed by atoms with Gasteiger partial charge in [-0.05, 0) is 30.3 Å². The summed E-state index contributed by atoms with van der Waals surface area (Å²) in [6.07, 6.45) is 1.45. The number of nitrogens with zero attached hydrogens (tertiary/aromatic N) is 1. The molecular formula is C13H9ClFN3O2. The molecule has 0 atom stereocenters. The monoisotopic (exact) mass is 293 g/mol. The summed E-state index contributed by atoms with van der Waals surface area (Å²) in [5.41, 5.74) is 4.56. The lowest BCUT2D eigenvalue weighted by Gasteiger charge is -2.08. The standard InChI is InChI=1S/C13H9ClFN3O2/c14-10-7-8(15)4-5-9(10)12(19)17-18-13(20)11-3-1-2-6-16-11/h1-7H,(H,17,19)(H,18,20). The molecule has 20 heavy (non-hydrogen) atoms. The van der Waals surface area contributed by atoms with Gasteiger partial charge in [0.15, 0.2) is 0 Å². The first-order chi connectivity index (χ1) is 9.58. The highest BCUT2D eigenvalue weighted by atomic mass is 35.5. The Morgan fingerprint density at radius 2 is 1.85 bits per heavy atom. The normalized spacial score (nSPS) is 9.90. The molecule has 2 rings (SSSR count). The van der Waals surface area contributed by atoms with E-state index in [2.05, 4.69) is 15.8 Å². The van der Waals surface area contributed by atoms with Gasteiger partial charge in [-0.15, -0.1) is 0 Å². The van der Waals surface area contributed by atoms with E-state index in [1.807, 2.05) is 0 Å². The topological polar surface area (TPSA) is 71.1 Å². The van der Waals surface area contributed by atoms with Crippen molar-refractivity contribution in [1.29, 1.82) is 0 Å². The van der Waals surface area contributed by atoms with Crippen LogP contribution in [0.1, 0.15) is 20.8 Å². The molecule has 0 saturated carbocycles. The second-order valence-corrected chi connectivity index (χ2v) is 4.15. The highest BCUT2D eigenvalue weighted by Gasteiger charge is 2.13. The van der Waals surface area contributed by atoms with Gasteiger partial charge in [0.25, 0.3) is 11.8 Å². The number of hydrazine groups is 1. The summed E-state index contributed by atoms with van der Waals surface area (Å²) in [6.45, 7) is 0. The van der Waals surface area contributed by atoms with Crippen molar-refractivity contribution < 1.29 is 14.0 Å². The van der Waals surface area contributed by atoms with Crippen LogP contribution in [0.4, 0.5) is 4.39 Å². The van der Waals surface area contributed by atoms with Gasteiger partial charge < -0.3 is 0 Å². The first-order valence-electron chi connectivity index (χ1n) is 5.54. The van der Waals surface area contributed by atoms with Crippen molar-refractivity contribution in [2.45, 2.75) is 0 Å². The summed E-state index contributed by atoms with van der Waals surface area (Å²) in [5.74, 6) is -1.78. The molecule has 0 radical (unpaired) electrons. The average Bonchev–Trinajstić information content (AvgIpc) is 2.45. The summed E-state index contributed by atoms with van der Waals surface area (Å²) < 4.78 is 12.9. The van der Waals surface area contributed by atoms with Crippen LogP contribution < -0.4 is 10.9 Å². The van der Waals surface area contributed by atoms with Crippen LogP contribution in [0.3, 0.4) is 0 Å². The van der Waals surface area contributed by atoms with E-state index in [1.54, 1.807) is 12.1 Å². The molecule has 2 aromatic rings. The van der Waals surface area contributed by atoms with Crippen LogP contribution in [0.5, 0.6) is 0 Å². The Kier molecular flexibility index (Phi) is 4.27. The van der Waals surface area contributed by atoms with Crippen LogP contribution in [-0.2, 0) is 0 Å². The Balaban J connectivity index is 2.00. The second-order valence-electron chi connectivity index (χ2n) is 3.75. The third-order valence-corrected chi connectivity index (χ3v) is 2.68. The Labute approximate surface area is 118 Å². The van der Waals surface area contributed by atoms with E-state index >= 15 is 0 Å². The van der Waals surface area contributed by atoms with Gasteiger partial charge in [-0.1, -0.05) is 17.7 Å². The van der Waals surface area contributed by atoms with Crippen molar-refractivity contribution in [2.75, 3.05) is 0 Å². The molecule has 0 fully saturated rings. The molecular weight excluding hydrogens is 285 g/mol. The number of hydrogen-bond donors (Lipinski definition) is 2. The summed E-state index contributed by atoms with van der Waals surface area (Å²) >= 11 is 5.73. The van der Waals surface area contributed by atoms with Gasteiger partial charge in [0.05, 0.1) is 10.6 Å². The fourth-order valence-corrected chi connectivity index (χ4v) is 1.67. The number of nitrogens with one attached hydrogen (secondary N) is 2. The molecule has 1 heterocycles. The van der Waals surface area contributed by atoms with Crippen molar-refractivity contribution in [2.24, 2.45) is 0 Å². The third kappa shape index (κ3) is 3.30. The van der Waals surface area contributed by atoms with Crippen molar-refractivity contribution in [3.63, 3.8) is 0 Å². The number of benzene rings is 1. The van der Waals surface area contributed by atoms with E-state index in [9.17, 15) is 14.0 Å². The predicted molar refractivity (Wildman–Crippen MR) is 70.6 cm³/mol. The molecule has 0 saturated heterocycles. The van der Waals surface area contributed by atoms with Crippen molar-refractivity contribution in [3.8, 4) is 0 Å². The van der Waals surface area contributed by atoms with Crippen LogP contribution >= 0.6 is 11.6 Å². The van der Waals surface area contributed by atoms with Gasteiger partial charge in [-0.3, -0.25) is 25.4 Å². The number of halogens is 2. The van der Waals surface area contributed by atoms with Crippen LogP contribution in [-0.4, -0.2) is 16.8 Å². The molecule has 0 aliphatic carbocycles. The number of pyridine rings is 1. The maximum absolute atomic E-state index is 12.9. The molecule has 0 spiro atoms. The van der Waals surface area contributed by atoms with E-state index in [0.29, 0.717) is 0 Å². The average molecular weight is 294 g/mol. The Bertz CT molecular complexity index is 649. The van der Waals surface area contributed by atoms with Crippen LogP contribution in [0.15, 0.2) is 42.6 Å². The van der Waals surface area contributed by atoms with E-state index < -0.39 is 17.6 Å². The van der Waals surface area contributed by atoms with Crippen LogP contribution in [0.25, 0.3) is 0 Å². The number of carbonyl (C=O) groups is 2. The Hall–Kier alpha value is -2.47. The number of rotatable bonds is 2. The largest absolute Gasteiger partial charge is 0.288 e. The second kappa shape index (κ2) is 6.12. The molecule has 7 heteroatoms. The van der Waals surface area contributed by atoms with Crippen molar-refractivity contribution in [1.82, 2.24) is 15.8 Å². The predicted octanol–water partition coefficient (Wildman–Crippen LogP) is 1.95. The Morgan fingerprint density at radius 1 is 1.10 bits per heavy atom.